The van der Waals surface area contributed by atoms with Crippen LogP contribution in [-0.4, -0.2) is 23.7 Å². The lowest BCUT2D eigenvalue weighted by Crippen LogP contribution is -2.59. The van der Waals surface area contributed by atoms with E-state index in [4.69, 9.17) is 18.3 Å². The van der Waals surface area contributed by atoms with Crippen molar-refractivity contribution in [2.75, 3.05) is 7.11 Å². The van der Waals surface area contributed by atoms with Crippen molar-refractivity contribution in [3.05, 3.63) is 65.2 Å². The predicted octanol–water partition coefficient (Wildman–Crippen LogP) is 8.16. The predicted molar refractivity (Wildman–Crippen MR) is 145 cm³/mol. The van der Waals surface area contributed by atoms with E-state index >= 15 is 0 Å². The van der Waals surface area contributed by atoms with E-state index in [1.807, 2.05) is 30.3 Å². The number of ether oxygens (including phenoxy) is 2. The van der Waals surface area contributed by atoms with Crippen molar-refractivity contribution in [3.8, 4) is 5.75 Å². The van der Waals surface area contributed by atoms with E-state index in [0.717, 1.165) is 22.4 Å². The highest BCUT2D eigenvalue weighted by Crippen LogP contribution is 2.61. The number of fused-ring (bicyclic) bond motifs is 1. The van der Waals surface area contributed by atoms with E-state index < -0.39 is 22.4 Å². The van der Waals surface area contributed by atoms with Gasteiger partial charge in [0.15, 0.2) is 16.6 Å². The van der Waals surface area contributed by atoms with Crippen molar-refractivity contribution in [1.29, 1.82) is 0 Å². The summed E-state index contributed by atoms with van der Waals surface area (Å²) in [5.41, 5.74) is 3.21. The molecular formula is C28H44O4Si2. The summed E-state index contributed by atoms with van der Waals surface area (Å²) < 4.78 is 26.8. The van der Waals surface area contributed by atoms with Gasteiger partial charge >= 0.3 is 0 Å². The average Bonchev–Trinajstić information content (AvgIpc) is 2.73. The van der Waals surface area contributed by atoms with E-state index in [-0.39, 0.29) is 16.2 Å². The smallest absolute Gasteiger partial charge is 0.219 e. The molecule has 0 bridgehead atoms. The van der Waals surface area contributed by atoms with Gasteiger partial charge in [-0.25, -0.2) is 0 Å². The van der Waals surface area contributed by atoms with Crippen molar-refractivity contribution < 1.29 is 18.3 Å². The van der Waals surface area contributed by atoms with Gasteiger partial charge in [-0.1, -0.05) is 84.0 Å². The minimum Gasteiger partial charge on any atom is -0.488 e. The molecule has 0 fully saturated rings. The number of methoxy groups -OCH3 is 1. The largest absolute Gasteiger partial charge is 0.488 e. The second-order valence-electron chi connectivity index (χ2n) is 12.5. The molecule has 0 saturated carbocycles. The zero-order chi connectivity index (χ0) is 25.6. The molecule has 0 amide bonds. The molecule has 188 valence electrons. The third-order valence-corrected chi connectivity index (χ3v) is 16.9. The van der Waals surface area contributed by atoms with Crippen LogP contribution < -0.4 is 4.74 Å². The maximum atomic E-state index is 7.10. The number of hydrogen-bond donors (Lipinski definition) is 0. The highest BCUT2D eigenvalue weighted by molar-refractivity contribution is 6.74. The summed E-state index contributed by atoms with van der Waals surface area (Å²) in [4.78, 5) is 0. The first-order valence-corrected chi connectivity index (χ1v) is 18.1. The van der Waals surface area contributed by atoms with Gasteiger partial charge in [-0.2, -0.15) is 0 Å². The Morgan fingerprint density at radius 3 is 1.91 bits per heavy atom. The molecule has 4 nitrogen and oxygen atoms in total. The summed E-state index contributed by atoms with van der Waals surface area (Å²) in [5.74, 6) is -0.182. The SMILES string of the molecule is CO[C@@]1(O[Si](C)(C)C(C)(C)C)c2c(OCc3ccccc3)cccc2[C@@H]1O[Si](C)(C)C(C)(C)C. The van der Waals surface area contributed by atoms with Crippen molar-refractivity contribution in [2.24, 2.45) is 0 Å². The molecule has 0 N–H and O–H groups in total. The van der Waals surface area contributed by atoms with Crippen LogP contribution in [0.1, 0.15) is 64.3 Å². The fourth-order valence-electron chi connectivity index (χ4n) is 3.75. The zero-order valence-electron chi connectivity index (χ0n) is 23.0. The molecule has 0 saturated heterocycles. The van der Waals surface area contributed by atoms with Gasteiger partial charge in [-0.15, -0.1) is 0 Å². The highest BCUT2D eigenvalue weighted by atomic mass is 28.4. The fraction of sp³-hybridized carbons (Fsp3) is 0.571. The van der Waals surface area contributed by atoms with Crippen LogP contribution in [0.5, 0.6) is 5.75 Å². The molecule has 0 spiro atoms. The number of hydrogen-bond acceptors (Lipinski definition) is 4. The molecule has 0 aliphatic heterocycles. The minimum absolute atomic E-state index is 0.0235. The van der Waals surface area contributed by atoms with Crippen molar-refractivity contribution in [3.63, 3.8) is 0 Å². The van der Waals surface area contributed by atoms with Crippen LogP contribution in [0.2, 0.25) is 36.3 Å². The summed E-state index contributed by atoms with van der Waals surface area (Å²) in [6.07, 6.45) is -0.289. The first kappa shape index (κ1) is 27.1. The van der Waals surface area contributed by atoms with Crippen LogP contribution >= 0.6 is 0 Å². The molecule has 0 heterocycles. The van der Waals surface area contributed by atoms with Gasteiger partial charge in [0.2, 0.25) is 5.79 Å². The van der Waals surface area contributed by atoms with Gasteiger partial charge < -0.3 is 18.3 Å². The lowest BCUT2D eigenvalue weighted by atomic mass is 9.78. The first-order valence-electron chi connectivity index (χ1n) is 12.3. The van der Waals surface area contributed by atoms with Crippen molar-refractivity contribution >= 4 is 16.6 Å². The lowest BCUT2D eigenvalue weighted by molar-refractivity contribution is -0.262. The molecule has 2 aromatic rings. The third-order valence-electron chi connectivity index (χ3n) is 8.01. The Bertz CT molecular complexity index is 990. The second kappa shape index (κ2) is 9.21. The van der Waals surface area contributed by atoms with E-state index in [9.17, 15) is 0 Å². The molecule has 6 heteroatoms. The van der Waals surface area contributed by atoms with Crippen LogP contribution in [0.25, 0.3) is 0 Å². The van der Waals surface area contributed by atoms with E-state index in [2.05, 4.69) is 85.9 Å². The topological polar surface area (TPSA) is 36.9 Å². The normalized spacial score (nSPS) is 21.1. The lowest BCUT2D eigenvalue weighted by Gasteiger charge is -2.56. The molecule has 0 aromatic heterocycles. The molecule has 3 rings (SSSR count). The summed E-state index contributed by atoms with van der Waals surface area (Å²) in [5, 5.41) is 0.0935. The Morgan fingerprint density at radius 1 is 0.794 bits per heavy atom. The molecule has 2 aromatic carbocycles. The van der Waals surface area contributed by atoms with E-state index in [0.29, 0.717) is 6.61 Å². The standard InChI is InChI=1S/C28H44O4Si2/c1-26(2,3)33(8,9)31-25-22-18-15-19-23(30-20-21-16-13-12-14-17-21)24(22)28(25,29-7)32-34(10,11)27(4,5)6/h12-19,25H,20H2,1-11H3/t25-,28+/m0/s1. The molecule has 1 aliphatic rings. The third kappa shape index (κ3) is 4.93. The quantitative estimate of drug-likeness (QED) is 0.270. The molecule has 1 aliphatic carbocycles. The van der Waals surface area contributed by atoms with E-state index in [1.165, 1.54) is 0 Å². The zero-order valence-corrected chi connectivity index (χ0v) is 25.0. The van der Waals surface area contributed by atoms with Gasteiger partial charge in [0.1, 0.15) is 18.5 Å². The Kier molecular flexibility index (Phi) is 7.35. The van der Waals surface area contributed by atoms with Crippen LogP contribution in [0.4, 0.5) is 0 Å². The Hall–Kier alpha value is -1.45. The fourth-order valence-corrected chi connectivity index (χ4v) is 6.33. The highest BCUT2D eigenvalue weighted by Gasteiger charge is 2.62. The van der Waals surface area contributed by atoms with Crippen LogP contribution in [-0.2, 0) is 26.0 Å². The van der Waals surface area contributed by atoms with Crippen molar-refractivity contribution in [1.82, 2.24) is 0 Å². The molecule has 2 atom stereocenters. The van der Waals surface area contributed by atoms with Crippen LogP contribution in [0.15, 0.2) is 48.5 Å². The molecule has 0 radical (unpaired) electrons. The van der Waals surface area contributed by atoms with Gasteiger partial charge in [0, 0.05) is 7.11 Å². The van der Waals surface area contributed by atoms with Crippen molar-refractivity contribution in [2.45, 2.75) is 96.3 Å². The van der Waals surface area contributed by atoms with Gasteiger partial charge in [-0.05, 0) is 53.5 Å². The number of benzene rings is 2. The summed E-state index contributed by atoms with van der Waals surface area (Å²) in [6.45, 7) is 23.2. The molecule has 34 heavy (non-hydrogen) atoms. The van der Waals surface area contributed by atoms with Gasteiger partial charge in [-0.3, -0.25) is 0 Å². The average molecular weight is 501 g/mol. The maximum Gasteiger partial charge on any atom is 0.219 e. The molecular weight excluding hydrogens is 456 g/mol. The first-order chi connectivity index (χ1) is 15.6. The molecule has 0 unspecified atom stereocenters. The van der Waals surface area contributed by atoms with Crippen LogP contribution in [0, 0.1) is 0 Å². The minimum atomic E-state index is -2.22. The Labute approximate surface area is 209 Å². The second-order valence-corrected chi connectivity index (χ2v) is 22.0. The summed E-state index contributed by atoms with van der Waals surface area (Å²) in [7, 11) is -2.58. The van der Waals surface area contributed by atoms with E-state index in [1.54, 1.807) is 7.11 Å². The summed E-state index contributed by atoms with van der Waals surface area (Å²) in [6, 6.07) is 16.4. The van der Waals surface area contributed by atoms with Crippen LogP contribution in [0.3, 0.4) is 0 Å². The monoisotopic (exact) mass is 500 g/mol. The Balaban J connectivity index is 2.08. The number of rotatable bonds is 8. The van der Waals surface area contributed by atoms with Gasteiger partial charge in [0.25, 0.3) is 0 Å². The Morgan fingerprint density at radius 2 is 1.38 bits per heavy atom. The van der Waals surface area contributed by atoms with Gasteiger partial charge in [0.05, 0.1) is 5.56 Å². The maximum absolute atomic E-state index is 7.10. The summed E-state index contributed by atoms with van der Waals surface area (Å²) >= 11 is 0.